The fraction of sp³-hybridized carbons (Fsp3) is 0.571. The van der Waals surface area contributed by atoms with Crippen LogP contribution in [0.4, 0.5) is 0 Å². The highest BCUT2D eigenvalue weighted by molar-refractivity contribution is 7.88. The van der Waals surface area contributed by atoms with Crippen LogP contribution in [0.25, 0.3) is 0 Å². The second-order valence-electron chi connectivity index (χ2n) is 2.64. The lowest BCUT2D eigenvalue weighted by molar-refractivity contribution is 0.496. The highest BCUT2D eigenvalue weighted by atomic mass is 32.2. The lowest BCUT2D eigenvalue weighted by atomic mass is 10.4. The van der Waals surface area contributed by atoms with Crippen LogP contribution in [0.3, 0.4) is 0 Å². The Morgan fingerprint density at radius 3 is 2.75 bits per heavy atom. The summed E-state index contributed by atoms with van der Waals surface area (Å²) in [6.07, 6.45) is 4.04. The molecule has 4 nitrogen and oxygen atoms in total. The Morgan fingerprint density at radius 1 is 1.58 bits per heavy atom. The zero-order chi connectivity index (χ0) is 9.19. The first kappa shape index (κ1) is 9.25. The maximum Gasteiger partial charge on any atom is 0.344 e. The maximum atomic E-state index is 11.3. The topological polar surface area (TPSA) is 49.7 Å². The molecule has 0 aliphatic carbocycles. The Hall–Kier alpha value is -0.840. The van der Waals surface area contributed by atoms with Gasteiger partial charge in [-0.15, -0.1) is 0 Å². The van der Waals surface area contributed by atoms with Crippen LogP contribution in [0.2, 0.25) is 0 Å². The van der Waals surface area contributed by atoms with E-state index < -0.39 is 10.2 Å². The Labute approximate surface area is 72.8 Å². The molecule has 68 valence electrons. The van der Waals surface area contributed by atoms with Gasteiger partial charge in [-0.1, -0.05) is 6.92 Å². The second kappa shape index (κ2) is 3.26. The molecule has 1 rings (SSSR count). The largest absolute Gasteiger partial charge is 0.344 e. The fourth-order valence-electron chi connectivity index (χ4n) is 0.943. The zero-order valence-corrected chi connectivity index (χ0v) is 8.00. The summed E-state index contributed by atoms with van der Waals surface area (Å²) in [4.78, 5) is 0. The van der Waals surface area contributed by atoms with E-state index in [4.69, 9.17) is 0 Å². The van der Waals surface area contributed by atoms with Crippen LogP contribution >= 0.6 is 0 Å². The molecule has 1 heterocycles. The van der Waals surface area contributed by atoms with Gasteiger partial charge in [0.2, 0.25) is 0 Å². The Balaban J connectivity index is 2.90. The van der Waals surface area contributed by atoms with Crippen molar-refractivity contribution < 1.29 is 8.42 Å². The summed E-state index contributed by atoms with van der Waals surface area (Å²) in [6.45, 7) is 4.08. The van der Waals surface area contributed by atoms with Gasteiger partial charge in [0.25, 0.3) is 0 Å². The molecule has 0 fully saturated rings. The minimum absolute atomic E-state index is 0.496. The summed E-state index contributed by atoms with van der Waals surface area (Å²) in [6, 6.07) is 0. The van der Waals surface area contributed by atoms with Gasteiger partial charge < -0.3 is 0 Å². The summed E-state index contributed by atoms with van der Waals surface area (Å²) < 4.78 is 27.3. The number of hydrogen-bond acceptors (Lipinski definition) is 2. The van der Waals surface area contributed by atoms with Crippen LogP contribution in [0.15, 0.2) is 16.7 Å². The van der Waals surface area contributed by atoms with E-state index in [0.717, 1.165) is 6.42 Å². The lowest BCUT2D eigenvalue weighted by Gasteiger charge is -2.19. The quantitative estimate of drug-likeness (QED) is 0.647. The van der Waals surface area contributed by atoms with E-state index >= 15 is 0 Å². The molecule has 0 radical (unpaired) electrons. The molecule has 0 aromatic heterocycles. The van der Waals surface area contributed by atoms with Gasteiger partial charge in [0.05, 0.1) is 5.71 Å². The Morgan fingerprint density at radius 2 is 2.25 bits per heavy atom. The van der Waals surface area contributed by atoms with Gasteiger partial charge in [-0.05, 0) is 19.4 Å². The SMILES string of the molecule is CCCN1C=CC(C)=NS1(=O)=O. The Kier molecular flexibility index (Phi) is 2.52. The van der Waals surface area contributed by atoms with E-state index in [0.29, 0.717) is 12.3 Å². The van der Waals surface area contributed by atoms with Crippen LogP contribution in [0.1, 0.15) is 20.3 Å². The van der Waals surface area contributed by atoms with E-state index in [1.807, 2.05) is 6.92 Å². The highest BCUT2D eigenvalue weighted by Crippen LogP contribution is 2.10. The minimum Gasteiger partial charge on any atom is -0.259 e. The molecule has 1 aliphatic rings. The Bertz CT molecular complexity index is 316. The highest BCUT2D eigenvalue weighted by Gasteiger charge is 2.18. The van der Waals surface area contributed by atoms with Crippen LogP contribution < -0.4 is 0 Å². The van der Waals surface area contributed by atoms with Crippen molar-refractivity contribution in [2.24, 2.45) is 4.40 Å². The van der Waals surface area contributed by atoms with Gasteiger partial charge in [0, 0.05) is 12.7 Å². The van der Waals surface area contributed by atoms with Crippen molar-refractivity contribution in [1.82, 2.24) is 4.31 Å². The maximum absolute atomic E-state index is 11.3. The first-order chi connectivity index (χ1) is 5.56. The molecule has 0 spiro atoms. The number of rotatable bonds is 2. The molecule has 0 aromatic carbocycles. The zero-order valence-electron chi connectivity index (χ0n) is 7.19. The van der Waals surface area contributed by atoms with Crippen molar-refractivity contribution in [1.29, 1.82) is 0 Å². The third-order valence-electron chi connectivity index (χ3n) is 1.48. The molecule has 1 aliphatic heterocycles. The molecule has 0 unspecified atom stereocenters. The van der Waals surface area contributed by atoms with Gasteiger partial charge in [0.15, 0.2) is 0 Å². The van der Waals surface area contributed by atoms with E-state index in [1.165, 1.54) is 4.31 Å². The van der Waals surface area contributed by atoms with Crippen LogP contribution in [-0.2, 0) is 10.2 Å². The number of allylic oxidation sites excluding steroid dienone is 1. The summed E-state index contributed by atoms with van der Waals surface area (Å²) in [5.74, 6) is 0. The van der Waals surface area contributed by atoms with Crippen molar-refractivity contribution in [3.05, 3.63) is 12.3 Å². The molecule has 0 amide bonds. The van der Waals surface area contributed by atoms with E-state index in [1.54, 1.807) is 19.2 Å². The summed E-state index contributed by atoms with van der Waals surface area (Å²) in [5.41, 5.74) is 0.530. The van der Waals surface area contributed by atoms with E-state index in [2.05, 4.69) is 4.40 Å². The number of hydrogen-bond donors (Lipinski definition) is 0. The van der Waals surface area contributed by atoms with Gasteiger partial charge in [-0.25, -0.2) is 0 Å². The summed E-state index contributed by atoms with van der Waals surface area (Å²) in [5, 5.41) is 0. The molecule has 0 saturated heterocycles. The molecule has 12 heavy (non-hydrogen) atoms. The normalized spacial score (nSPS) is 20.8. The second-order valence-corrected chi connectivity index (χ2v) is 4.18. The van der Waals surface area contributed by atoms with Gasteiger partial charge in [-0.3, -0.25) is 4.31 Å². The summed E-state index contributed by atoms with van der Waals surface area (Å²) >= 11 is 0. The third kappa shape index (κ3) is 1.85. The molecule has 0 bridgehead atoms. The molecule has 0 atom stereocenters. The minimum atomic E-state index is -3.40. The molecule has 0 N–H and O–H groups in total. The van der Waals surface area contributed by atoms with Crippen molar-refractivity contribution in [2.75, 3.05) is 6.54 Å². The monoisotopic (exact) mass is 188 g/mol. The average molecular weight is 188 g/mol. The number of nitrogens with zero attached hydrogens (tertiary/aromatic N) is 2. The van der Waals surface area contributed by atoms with Crippen LogP contribution in [0.5, 0.6) is 0 Å². The molecule has 5 heteroatoms. The standard InChI is InChI=1S/C7H12N2O2S/c1-3-5-9-6-4-7(2)8-12(9,10)11/h4,6H,3,5H2,1-2H3. The molecular formula is C7H12N2O2S. The molecule has 0 saturated carbocycles. The van der Waals surface area contributed by atoms with Crippen LogP contribution in [0, 0.1) is 0 Å². The fourth-order valence-corrected chi connectivity index (χ4v) is 2.10. The van der Waals surface area contributed by atoms with Crippen LogP contribution in [-0.4, -0.2) is 25.0 Å². The van der Waals surface area contributed by atoms with Gasteiger partial charge in [-0.2, -0.15) is 12.8 Å². The summed E-state index contributed by atoms with van der Waals surface area (Å²) in [7, 11) is -3.40. The van der Waals surface area contributed by atoms with Crippen molar-refractivity contribution in [2.45, 2.75) is 20.3 Å². The molecular weight excluding hydrogens is 176 g/mol. The van der Waals surface area contributed by atoms with E-state index in [9.17, 15) is 8.42 Å². The van der Waals surface area contributed by atoms with Gasteiger partial charge >= 0.3 is 10.2 Å². The molecule has 0 aromatic rings. The van der Waals surface area contributed by atoms with E-state index in [-0.39, 0.29) is 0 Å². The van der Waals surface area contributed by atoms with Crippen molar-refractivity contribution >= 4 is 15.9 Å². The third-order valence-corrected chi connectivity index (χ3v) is 2.90. The van der Waals surface area contributed by atoms with Crippen molar-refractivity contribution in [3.63, 3.8) is 0 Å². The predicted octanol–water partition coefficient (Wildman–Crippen LogP) is 0.931. The van der Waals surface area contributed by atoms with Crippen molar-refractivity contribution in [3.8, 4) is 0 Å². The average Bonchev–Trinajstić information content (AvgIpc) is 1.94. The van der Waals surface area contributed by atoms with Gasteiger partial charge in [0.1, 0.15) is 0 Å². The predicted molar refractivity (Wildman–Crippen MR) is 48.2 cm³/mol. The lowest BCUT2D eigenvalue weighted by Crippen LogP contribution is -2.28. The first-order valence-electron chi connectivity index (χ1n) is 3.83. The first-order valence-corrected chi connectivity index (χ1v) is 5.22. The smallest absolute Gasteiger partial charge is 0.259 e.